The summed E-state index contributed by atoms with van der Waals surface area (Å²) in [5.74, 6) is 0.790. The predicted molar refractivity (Wildman–Crippen MR) is 149 cm³/mol. The van der Waals surface area contributed by atoms with Gasteiger partial charge in [-0.05, 0) is 78.9 Å². The van der Waals surface area contributed by atoms with Crippen molar-refractivity contribution in [2.75, 3.05) is 18.4 Å². The molecule has 2 saturated heterocycles. The Labute approximate surface area is 215 Å². The van der Waals surface area contributed by atoms with Crippen LogP contribution in [0.25, 0.3) is 38.7 Å². The number of imidazole rings is 1. The van der Waals surface area contributed by atoms with Crippen molar-refractivity contribution in [3.8, 4) is 22.4 Å². The van der Waals surface area contributed by atoms with Crippen molar-refractivity contribution in [1.82, 2.24) is 20.6 Å². The molecule has 5 nitrogen and oxygen atoms in total. The van der Waals surface area contributed by atoms with E-state index in [1.165, 1.54) is 17.2 Å². The first-order chi connectivity index (χ1) is 18.1. The van der Waals surface area contributed by atoms with Crippen LogP contribution in [-0.4, -0.2) is 29.1 Å². The predicted octanol–water partition coefficient (Wildman–Crippen LogP) is 6.69. The highest BCUT2D eigenvalue weighted by Gasteiger charge is 2.29. The zero-order chi connectivity index (χ0) is 24.9. The maximum atomic E-state index is 15.1. The van der Waals surface area contributed by atoms with E-state index in [2.05, 4.69) is 81.0 Å². The van der Waals surface area contributed by atoms with E-state index < -0.39 is 0 Å². The van der Waals surface area contributed by atoms with E-state index >= 15 is 4.39 Å². The van der Waals surface area contributed by atoms with Gasteiger partial charge in [0.2, 0.25) is 0 Å². The molecule has 0 bridgehead atoms. The third kappa shape index (κ3) is 3.97. The Kier molecular flexibility index (Phi) is 5.45. The van der Waals surface area contributed by atoms with Gasteiger partial charge in [-0.2, -0.15) is 0 Å². The van der Waals surface area contributed by atoms with Crippen LogP contribution >= 0.6 is 0 Å². The summed E-state index contributed by atoms with van der Waals surface area (Å²) in [5, 5.41) is 12.6. The van der Waals surface area contributed by atoms with Crippen LogP contribution in [0.15, 0.2) is 78.9 Å². The molecule has 4 heterocycles. The Bertz CT molecular complexity index is 1550. The summed E-state index contributed by atoms with van der Waals surface area (Å²) < 4.78 is 15.1. The van der Waals surface area contributed by atoms with E-state index in [0.29, 0.717) is 17.3 Å². The van der Waals surface area contributed by atoms with E-state index in [0.717, 1.165) is 71.8 Å². The number of nitrogens with zero attached hydrogens (tertiary/aromatic N) is 1. The second-order valence-electron chi connectivity index (χ2n) is 10.3. The van der Waals surface area contributed by atoms with Gasteiger partial charge in [0.1, 0.15) is 5.82 Å². The zero-order valence-corrected chi connectivity index (χ0v) is 20.7. The number of H-pyrrole nitrogens is 1. The van der Waals surface area contributed by atoms with Gasteiger partial charge in [-0.3, -0.25) is 0 Å². The first-order valence-corrected chi connectivity index (χ1v) is 13.2. The monoisotopic (exact) mass is 491 g/mol. The van der Waals surface area contributed by atoms with Gasteiger partial charge in [-0.15, -0.1) is 0 Å². The number of fused-ring (bicyclic) bond motifs is 2. The summed E-state index contributed by atoms with van der Waals surface area (Å²) in [6, 6.07) is 19.6. The highest BCUT2D eigenvalue weighted by molar-refractivity contribution is 5.93. The summed E-state index contributed by atoms with van der Waals surface area (Å²) >= 11 is 0. The number of hydrogen-bond acceptors (Lipinski definition) is 4. The van der Waals surface area contributed by atoms with E-state index in [4.69, 9.17) is 0 Å². The van der Waals surface area contributed by atoms with Crippen molar-refractivity contribution in [2.24, 2.45) is 0 Å². The minimum Gasteiger partial charge on any atom is -0.355 e. The molecule has 4 N–H and O–H groups in total. The average molecular weight is 492 g/mol. The lowest BCUT2D eigenvalue weighted by Crippen LogP contribution is -2.30. The lowest BCUT2D eigenvalue weighted by atomic mass is 9.92. The van der Waals surface area contributed by atoms with Crippen molar-refractivity contribution in [2.45, 2.75) is 37.8 Å². The number of halogens is 1. The minimum atomic E-state index is -0.231. The Balaban J connectivity index is 1.17. The fourth-order valence-electron chi connectivity index (χ4n) is 5.91. The fourth-order valence-corrected chi connectivity index (χ4v) is 5.91. The van der Waals surface area contributed by atoms with Gasteiger partial charge in [0.05, 0.1) is 29.7 Å². The van der Waals surface area contributed by atoms with Crippen LogP contribution in [0.5, 0.6) is 0 Å². The molecule has 4 aromatic rings. The van der Waals surface area contributed by atoms with Crippen LogP contribution in [0, 0.1) is 0 Å². The van der Waals surface area contributed by atoms with E-state index in [1.54, 1.807) is 0 Å². The summed E-state index contributed by atoms with van der Waals surface area (Å²) in [4.78, 5) is 8.13. The molecule has 0 saturated carbocycles. The molecule has 3 aliphatic heterocycles. The van der Waals surface area contributed by atoms with Crippen LogP contribution in [0.2, 0.25) is 0 Å². The SMILES string of the molecule is C=C1C(F)=C(C2CCCN2)Nc2cc(-c3ccc4cc(-c5cnc([C@@H]6CCCN6)[nH]5)ccc4c3)ccc21. The van der Waals surface area contributed by atoms with Gasteiger partial charge in [0.25, 0.3) is 0 Å². The molecule has 3 aromatic carbocycles. The fraction of sp³-hybridized carbons (Fsp3) is 0.258. The molecule has 0 aliphatic carbocycles. The van der Waals surface area contributed by atoms with Crippen molar-refractivity contribution >= 4 is 22.0 Å². The highest BCUT2D eigenvalue weighted by Crippen LogP contribution is 2.40. The highest BCUT2D eigenvalue weighted by atomic mass is 19.1. The van der Waals surface area contributed by atoms with Crippen molar-refractivity contribution in [3.63, 3.8) is 0 Å². The van der Waals surface area contributed by atoms with Gasteiger partial charge in [0, 0.05) is 22.4 Å². The molecule has 0 radical (unpaired) electrons. The quantitative estimate of drug-likeness (QED) is 0.257. The number of aromatic nitrogens is 2. The largest absolute Gasteiger partial charge is 0.355 e. The lowest BCUT2D eigenvalue weighted by molar-refractivity contribution is 0.611. The Hall–Kier alpha value is -3.74. The second kappa shape index (κ2) is 8.98. The van der Waals surface area contributed by atoms with Crippen LogP contribution in [0.1, 0.15) is 43.1 Å². The van der Waals surface area contributed by atoms with Crippen LogP contribution in [0.4, 0.5) is 10.1 Å². The summed E-state index contributed by atoms with van der Waals surface area (Å²) in [6.45, 7) is 6.02. The first kappa shape index (κ1) is 22.5. The Morgan fingerprint density at radius 3 is 2.24 bits per heavy atom. The lowest BCUT2D eigenvalue weighted by Gasteiger charge is -2.27. The smallest absolute Gasteiger partial charge is 0.151 e. The van der Waals surface area contributed by atoms with E-state index in [9.17, 15) is 0 Å². The first-order valence-electron chi connectivity index (χ1n) is 13.2. The molecule has 186 valence electrons. The molecule has 2 atom stereocenters. The van der Waals surface area contributed by atoms with Gasteiger partial charge in [0.15, 0.2) is 5.83 Å². The number of aromatic amines is 1. The molecule has 7 rings (SSSR count). The zero-order valence-electron chi connectivity index (χ0n) is 20.7. The molecule has 0 amide bonds. The van der Waals surface area contributed by atoms with Crippen molar-refractivity contribution in [3.05, 3.63) is 90.3 Å². The summed E-state index contributed by atoms with van der Waals surface area (Å²) in [7, 11) is 0. The van der Waals surface area contributed by atoms with E-state index in [-0.39, 0.29) is 11.9 Å². The van der Waals surface area contributed by atoms with Crippen molar-refractivity contribution in [1.29, 1.82) is 0 Å². The molecule has 37 heavy (non-hydrogen) atoms. The van der Waals surface area contributed by atoms with Crippen LogP contribution < -0.4 is 16.0 Å². The molecule has 3 aliphatic rings. The number of rotatable bonds is 4. The molecule has 1 aromatic heterocycles. The normalized spacial score (nSPS) is 21.5. The number of nitrogens with one attached hydrogen (secondary N) is 4. The summed E-state index contributed by atoms with van der Waals surface area (Å²) in [6.07, 6.45) is 6.25. The molecular weight excluding hydrogens is 461 g/mol. The Morgan fingerprint density at radius 1 is 0.811 bits per heavy atom. The molecule has 0 spiro atoms. The maximum absolute atomic E-state index is 15.1. The average Bonchev–Trinajstić information content (AvgIpc) is 3.72. The number of anilines is 1. The van der Waals surface area contributed by atoms with Crippen LogP contribution in [0.3, 0.4) is 0 Å². The number of hydrogen-bond donors (Lipinski definition) is 4. The molecule has 2 fully saturated rings. The standard InChI is InChI=1S/C31H30FN5/c1-18-24-11-10-22(16-27(24)36-30(29(18)32)25-4-2-12-33-25)20-6-7-21-15-23(9-8-19(21)14-20)28-17-35-31(37-28)26-5-3-13-34-26/h6-11,14-17,25-26,33-34,36H,1-5,12-13H2,(H,35,37)/t25?,26-/m0/s1. The van der Waals surface area contributed by atoms with Crippen LogP contribution in [-0.2, 0) is 0 Å². The molecule has 1 unspecified atom stereocenters. The van der Waals surface area contributed by atoms with Gasteiger partial charge < -0.3 is 20.9 Å². The Morgan fingerprint density at radius 2 is 1.49 bits per heavy atom. The number of allylic oxidation sites excluding steroid dienone is 2. The second-order valence-corrected chi connectivity index (χ2v) is 10.3. The maximum Gasteiger partial charge on any atom is 0.151 e. The molecular formula is C31H30FN5. The topological polar surface area (TPSA) is 64.8 Å². The van der Waals surface area contributed by atoms with Crippen molar-refractivity contribution < 1.29 is 4.39 Å². The minimum absolute atomic E-state index is 0.0174. The third-order valence-corrected chi connectivity index (χ3v) is 7.99. The third-order valence-electron chi connectivity index (χ3n) is 7.99. The summed E-state index contributed by atoms with van der Waals surface area (Å²) in [5.41, 5.74) is 7.20. The van der Waals surface area contributed by atoms with Gasteiger partial charge in [-0.1, -0.05) is 43.0 Å². The van der Waals surface area contributed by atoms with E-state index in [1.807, 2.05) is 12.3 Å². The molecule has 6 heteroatoms. The van der Waals surface area contributed by atoms with Gasteiger partial charge in [-0.25, -0.2) is 9.37 Å². The number of benzene rings is 3. The van der Waals surface area contributed by atoms with Gasteiger partial charge >= 0.3 is 0 Å².